The highest BCUT2D eigenvalue weighted by Crippen LogP contribution is 2.29. The number of benzene rings is 3. The van der Waals surface area contributed by atoms with Gasteiger partial charge in [0.15, 0.2) is 12.2 Å². The molecule has 1 aromatic heterocycles. The summed E-state index contributed by atoms with van der Waals surface area (Å²) in [6.45, 7) is 4.04. The van der Waals surface area contributed by atoms with Crippen molar-refractivity contribution in [1.29, 1.82) is 5.41 Å². The minimum absolute atomic E-state index is 0.0189. The molecule has 0 bridgehead atoms. The van der Waals surface area contributed by atoms with Gasteiger partial charge in [0, 0.05) is 23.0 Å². The summed E-state index contributed by atoms with van der Waals surface area (Å²) < 4.78 is 7.45. The largest absolute Gasteiger partial charge is 0.442 e. The highest BCUT2D eigenvalue weighted by Gasteiger charge is 2.13. The van der Waals surface area contributed by atoms with Gasteiger partial charge in [-0.25, -0.2) is 0 Å². The molecular weight excluding hydrogens is 364 g/mol. The van der Waals surface area contributed by atoms with Gasteiger partial charge < -0.3 is 20.8 Å². The van der Waals surface area contributed by atoms with Crippen LogP contribution in [0.1, 0.15) is 21.6 Å². The van der Waals surface area contributed by atoms with Crippen molar-refractivity contribution in [2.75, 3.05) is 0 Å². The van der Waals surface area contributed by atoms with Crippen LogP contribution in [0, 0.1) is 5.41 Å². The molecule has 0 spiro atoms. The first-order chi connectivity index (χ1) is 14.0. The average molecular weight is 384 g/mol. The smallest absolute Gasteiger partial charge is 0.183 e. The summed E-state index contributed by atoms with van der Waals surface area (Å²) in [6.07, 6.45) is 0.831. The number of carbonyl (C=O) groups is 1. The highest BCUT2D eigenvalue weighted by molar-refractivity contribution is 6.00. The van der Waals surface area contributed by atoms with Crippen molar-refractivity contribution >= 4 is 33.8 Å². The van der Waals surface area contributed by atoms with E-state index < -0.39 is 0 Å². The lowest BCUT2D eigenvalue weighted by molar-refractivity contribution is 0.111. The Bertz CT molecular complexity index is 1290. The number of carbonyl (C=O) groups excluding carboxylic acids is 1. The van der Waals surface area contributed by atoms with Crippen LogP contribution in [0.25, 0.3) is 21.7 Å². The number of hydrogen-bond donors (Lipinski definition) is 3. The Hall–Kier alpha value is -4.06. The molecule has 0 saturated carbocycles. The molecule has 0 atom stereocenters. The topological polar surface area (TPSA) is 107 Å². The van der Waals surface area contributed by atoms with Crippen molar-refractivity contribution in [2.45, 2.75) is 6.54 Å². The summed E-state index contributed by atoms with van der Waals surface area (Å²) in [7, 11) is 0. The van der Waals surface area contributed by atoms with E-state index in [1.54, 1.807) is 6.07 Å². The average Bonchev–Trinajstić information content (AvgIpc) is 3.04. The van der Waals surface area contributed by atoms with Crippen molar-refractivity contribution in [3.8, 4) is 5.75 Å². The van der Waals surface area contributed by atoms with Crippen molar-refractivity contribution in [3.63, 3.8) is 0 Å². The number of nitrogen functional groups attached to an aromatic ring is 1. The maximum Gasteiger partial charge on any atom is 0.183 e. The van der Waals surface area contributed by atoms with Crippen LogP contribution in [0.5, 0.6) is 5.75 Å². The fraction of sp³-hybridized carbons (Fsp3) is 0.0435. The molecule has 1 heterocycles. The number of nitrogens with one attached hydrogen (secondary N) is 1. The van der Waals surface area contributed by atoms with E-state index >= 15 is 0 Å². The second kappa shape index (κ2) is 7.16. The number of fused-ring (bicyclic) bond motifs is 2. The van der Waals surface area contributed by atoms with E-state index in [-0.39, 0.29) is 11.7 Å². The number of aldehydes is 1. The Morgan fingerprint density at radius 1 is 1.07 bits per heavy atom. The van der Waals surface area contributed by atoms with Gasteiger partial charge in [-0.3, -0.25) is 10.2 Å². The van der Waals surface area contributed by atoms with Crippen LogP contribution >= 0.6 is 0 Å². The molecule has 4 aromatic rings. The molecule has 6 heteroatoms. The van der Waals surface area contributed by atoms with Gasteiger partial charge in [-0.2, -0.15) is 0 Å². The number of nitrogens with zero attached hydrogens (tertiary/aromatic N) is 1. The first kappa shape index (κ1) is 18.3. The molecular formula is C23H20N4O2. The number of ether oxygens (including phenoxy) is 1. The Labute approximate surface area is 167 Å². The molecule has 144 valence electrons. The quantitative estimate of drug-likeness (QED) is 0.204. The van der Waals surface area contributed by atoms with Gasteiger partial charge in [-0.15, -0.1) is 0 Å². The van der Waals surface area contributed by atoms with E-state index in [1.807, 2.05) is 59.2 Å². The van der Waals surface area contributed by atoms with Gasteiger partial charge >= 0.3 is 0 Å². The maximum atomic E-state index is 11.7. The van der Waals surface area contributed by atoms with Crippen molar-refractivity contribution < 1.29 is 9.53 Å². The molecule has 0 amide bonds. The van der Waals surface area contributed by atoms with E-state index in [1.165, 1.54) is 0 Å². The summed E-state index contributed by atoms with van der Waals surface area (Å²) in [5, 5.41) is 10.7. The van der Waals surface area contributed by atoms with Crippen LogP contribution in [0.15, 0.2) is 73.1 Å². The standard InChI is InChI=1S/C23H20N4O2/c1-14(24)29-20-9-15-4-2-3-5-21(15)18(10-20)12-27-19(13-28)8-16-6-7-17(23(25)26)11-22(16)27/h2-11,13H,1,12,24H2,(H3,25,26). The molecule has 3 aromatic carbocycles. The van der Waals surface area contributed by atoms with Crippen molar-refractivity contribution in [3.05, 3.63) is 89.9 Å². The molecule has 0 aliphatic rings. The summed E-state index contributed by atoms with van der Waals surface area (Å²) in [6, 6.07) is 19.0. The third kappa shape index (κ3) is 3.43. The second-order valence-electron chi connectivity index (χ2n) is 6.83. The molecule has 5 N–H and O–H groups in total. The molecule has 4 rings (SSSR count). The lowest BCUT2D eigenvalue weighted by Crippen LogP contribution is -2.11. The van der Waals surface area contributed by atoms with Gasteiger partial charge in [0.25, 0.3) is 0 Å². The summed E-state index contributed by atoms with van der Waals surface area (Å²) in [5.41, 5.74) is 14.2. The zero-order valence-corrected chi connectivity index (χ0v) is 15.7. The number of rotatable bonds is 6. The molecule has 0 unspecified atom stereocenters. The van der Waals surface area contributed by atoms with Crippen LogP contribution in [0.3, 0.4) is 0 Å². The third-order valence-electron chi connectivity index (χ3n) is 4.87. The monoisotopic (exact) mass is 384 g/mol. The fourth-order valence-corrected chi connectivity index (χ4v) is 3.59. The fourth-order valence-electron chi connectivity index (χ4n) is 3.59. The number of hydrogen-bond acceptors (Lipinski definition) is 4. The summed E-state index contributed by atoms with van der Waals surface area (Å²) in [4.78, 5) is 11.7. The normalized spacial score (nSPS) is 10.9. The zero-order chi connectivity index (χ0) is 20.5. The summed E-state index contributed by atoms with van der Waals surface area (Å²) in [5.74, 6) is 0.673. The van der Waals surface area contributed by atoms with Crippen LogP contribution in [-0.4, -0.2) is 16.7 Å². The van der Waals surface area contributed by atoms with Gasteiger partial charge in [0.05, 0.1) is 5.69 Å². The highest BCUT2D eigenvalue weighted by atomic mass is 16.5. The molecule has 0 aliphatic carbocycles. The molecule has 0 radical (unpaired) electrons. The number of aromatic nitrogens is 1. The van der Waals surface area contributed by atoms with E-state index in [2.05, 4.69) is 6.58 Å². The first-order valence-corrected chi connectivity index (χ1v) is 9.03. The molecule has 0 aliphatic heterocycles. The number of nitrogens with two attached hydrogens (primary N) is 2. The van der Waals surface area contributed by atoms with Crippen LogP contribution in [0.4, 0.5) is 0 Å². The molecule has 0 fully saturated rings. The van der Waals surface area contributed by atoms with Gasteiger partial charge in [0.2, 0.25) is 0 Å². The van der Waals surface area contributed by atoms with E-state index in [0.29, 0.717) is 23.6 Å². The molecule has 0 saturated heterocycles. The Balaban J connectivity index is 1.91. The molecule has 6 nitrogen and oxygen atoms in total. The van der Waals surface area contributed by atoms with Gasteiger partial charge in [0.1, 0.15) is 11.6 Å². The van der Waals surface area contributed by atoms with Crippen molar-refractivity contribution in [1.82, 2.24) is 4.57 Å². The minimum Gasteiger partial charge on any atom is -0.442 e. The maximum absolute atomic E-state index is 11.7. The zero-order valence-electron chi connectivity index (χ0n) is 15.7. The van der Waals surface area contributed by atoms with Crippen molar-refractivity contribution in [2.24, 2.45) is 11.5 Å². The van der Waals surface area contributed by atoms with Gasteiger partial charge in [-0.05, 0) is 47.2 Å². The SMILES string of the molecule is C=C(N)Oc1cc(Cn2c(C=O)cc3ccc(C(=N)N)cc32)c2ccccc2c1. The van der Waals surface area contributed by atoms with Crippen LogP contribution < -0.4 is 16.2 Å². The third-order valence-corrected chi connectivity index (χ3v) is 4.87. The lowest BCUT2D eigenvalue weighted by atomic mass is 10.0. The van der Waals surface area contributed by atoms with Crippen LogP contribution in [0.2, 0.25) is 0 Å². The lowest BCUT2D eigenvalue weighted by Gasteiger charge is -2.14. The van der Waals surface area contributed by atoms with Gasteiger partial charge in [-0.1, -0.05) is 36.4 Å². The van der Waals surface area contributed by atoms with E-state index in [0.717, 1.165) is 33.5 Å². The number of amidine groups is 1. The predicted octanol–water partition coefficient (Wildman–Crippen LogP) is 3.75. The first-order valence-electron chi connectivity index (χ1n) is 9.03. The molecule has 29 heavy (non-hydrogen) atoms. The Morgan fingerprint density at radius 2 is 1.86 bits per heavy atom. The minimum atomic E-state index is -0.0189. The van der Waals surface area contributed by atoms with Crippen LogP contribution in [-0.2, 0) is 6.54 Å². The summed E-state index contributed by atoms with van der Waals surface area (Å²) >= 11 is 0. The van der Waals surface area contributed by atoms with E-state index in [9.17, 15) is 4.79 Å². The predicted molar refractivity (Wildman–Crippen MR) is 115 cm³/mol. The Morgan fingerprint density at radius 3 is 2.59 bits per heavy atom. The Kier molecular flexibility index (Phi) is 4.52. The second-order valence-corrected chi connectivity index (χ2v) is 6.83. The van der Waals surface area contributed by atoms with E-state index in [4.69, 9.17) is 21.6 Å².